The smallest absolute Gasteiger partial charge is 0.246 e. The van der Waals surface area contributed by atoms with Gasteiger partial charge in [0.2, 0.25) is 106 Å². The van der Waals surface area contributed by atoms with E-state index in [0.717, 1.165) is 31.4 Å². The molecule has 21 N–H and O–H groups in total. The Labute approximate surface area is 743 Å². The summed E-state index contributed by atoms with van der Waals surface area (Å²) in [6.45, 7) is 5.11. The van der Waals surface area contributed by atoms with E-state index >= 15 is 28.8 Å². The number of aromatic hydroxyl groups is 1. The number of carbonyl (C=O) groups is 18. The number of thioether (sulfide) groups is 1. The Morgan fingerprint density at radius 3 is 1.68 bits per heavy atom. The first-order chi connectivity index (χ1) is 60.8. The predicted octanol–water partition coefficient (Wildman–Crippen LogP) is -3.26. The largest absolute Gasteiger partial charge is 0.508 e. The van der Waals surface area contributed by atoms with Crippen molar-refractivity contribution < 1.29 is 102 Å². The van der Waals surface area contributed by atoms with Gasteiger partial charge < -0.3 is 120 Å². The Balaban J connectivity index is 1.17. The van der Waals surface area contributed by atoms with Gasteiger partial charge in [-0.1, -0.05) is 102 Å². The van der Waals surface area contributed by atoms with Crippen molar-refractivity contribution in [3.63, 3.8) is 0 Å². The number of nitrogens with zero attached hydrogens (tertiary/aromatic N) is 5. The van der Waals surface area contributed by atoms with Gasteiger partial charge in [0, 0.05) is 106 Å². The quantitative estimate of drug-likeness (QED) is 0.0305. The van der Waals surface area contributed by atoms with E-state index in [4.69, 9.17) is 17.2 Å². The van der Waals surface area contributed by atoms with Gasteiger partial charge in [0.1, 0.15) is 84.3 Å². The molecule has 42 heteroatoms. The van der Waals surface area contributed by atoms with Crippen LogP contribution in [0.5, 0.6) is 5.75 Å². The van der Waals surface area contributed by atoms with Crippen LogP contribution in [0.4, 0.5) is 0 Å². The Bertz CT molecular complexity index is 4850. The van der Waals surface area contributed by atoms with Gasteiger partial charge in [-0.15, -0.1) is 11.8 Å². The number of amides is 18. The van der Waals surface area contributed by atoms with Crippen LogP contribution in [0.2, 0.25) is 0 Å². The van der Waals surface area contributed by atoms with E-state index < -0.39 is 254 Å². The van der Waals surface area contributed by atoms with Gasteiger partial charge in [0.15, 0.2) is 0 Å². The highest BCUT2D eigenvalue weighted by atomic mass is 32.2. The zero-order chi connectivity index (χ0) is 93.9. The lowest BCUT2D eigenvalue weighted by molar-refractivity contribution is -0.149. The van der Waals surface area contributed by atoms with E-state index in [1.165, 1.54) is 57.2 Å². The van der Waals surface area contributed by atoms with Crippen molar-refractivity contribution in [2.45, 2.75) is 222 Å². The number of nitrogens with one attached hydrogen (secondary N) is 12. The molecule has 18 amide bonds. The van der Waals surface area contributed by atoms with Crippen molar-refractivity contribution in [2.24, 2.45) is 23.1 Å². The summed E-state index contributed by atoms with van der Waals surface area (Å²) in [7, 11) is 3.92. The van der Waals surface area contributed by atoms with E-state index in [9.17, 15) is 72.9 Å². The van der Waals surface area contributed by atoms with Crippen molar-refractivity contribution in [2.75, 3.05) is 65.4 Å². The molecule has 3 aromatic carbocycles. The second-order valence-electron chi connectivity index (χ2n) is 32.9. The fourth-order valence-corrected chi connectivity index (χ4v) is 16.6. The average Bonchev–Trinajstić information content (AvgIpc) is 1.05. The number of benzene rings is 3. The van der Waals surface area contributed by atoms with Crippen LogP contribution in [0.3, 0.4) is 0 Å². The molecule has 0 radical (unpaired) electrons. The molecule has 14 atom stereocenters. The molecule has 8 rings (SSSR count). The summed E-state index contributed by atoms with van der Waals surface area (Å²) in [4.78, 5) is 270. The number of phenols is 1. The molecule has 0 bridgehead atoms. The molecule has 41 nitrogen and oxygen atoms in total. The molecular formula is C86H120N20O21S. The first-order valence-electron chi connectivity index (χ1n) is 42.8. The highest BCUT2D eigenvalue weighted by Gasteiger charge is 2.46. The summed E-state index contributed by atoms with van der Waals surface area (Å²) in [5.74, 6) is -18.6. The molecule has 128 heavy (non-hydrogen) atoms. The second-order valence-corrected chi connectivity index (χ2v) is 34.0. The number of primary amides is 3. The minimum Gasteiger partial charge on any atom is -0.508 e. The molecule has 0 saturated carbocycles. The van der Waals surface area contributed by atoms with Crippen molar-refractivity contribution in [3.05, 3.63) is 102 Å². The zero-order valence-corrected chi connectivity index (χ0v) is 73.9. The van der Waals surface area contributed by atoms with Crippen molar-refractivity contribution >= 4 is 140 Å². The Kier molecular flexibility index (Phi) is 37.5. The normalized spacial score (nSPS) is 24.9. The number of nitrogens with two attached hydrogens (primary N) is 3. The maximum Gasteiger partial charge on any atom is 0.246 e. The maximum absolute atomic E-state index is 15.7. The van der Waals surface area contributed by atoms with Gasteiger partial charge in [-0.2, -0.15) is 0 Å². The topological polar surface area (TPSA) is 614 Å². The van der Waals surface area contributed by atoms with Crippen LogP contribution in [0.15, 0.2) is 85.2 Å². The Morgan fingerprint density at radius 1 is 0.539 bits per heavy atom. The molecule has 3 aliphatic rings. The van der Waals surface area contributed by atoms with E-state index in [1.54, 1.807) is 74.8 Å². The third kappa shape index (κ3) is 27.9. The minimum atomic E-state index is -1.90. The van der Waals surface area contributed by atoms with Crippen LogP contribution >= 0.6 is 11.8 Å². The van der Waals surface area contributed by atoms with Crippen molar-refractivity contribution in [1.82, 2.24) is 87.6 Å². The fraction of sp³-hybridized carbons (Fsp3) is 0.535. The number of unbranched alkanes of at least 4 members (excludes halogenated alkanes) is 2. The molecule has 2 aromatic heterocycles. The van der Waals surface area contributed by atoms with Crippen LogP contribution in [-0.4, -0.2) is 306 Å². The number of aliphatic hydroxyl groups excluding tert-OH is 2. The standard InChI is InChI=1S/C86H120N20O21S/c1-9-11-22-65-80(121)96-58(32-46(3)4)76(117)101-64(75(116)92-40-71(89)112)44-128-45-73(114)95-60(33-48-25-27-51(108)28-26-48)82(123)102(6)47(5)74(115)98-62(37-70(88)111)85(126)105-31-17-24-66(105)79(120)93-41-72(113)94-57(29-30-69(87)110)84(125)106-42-52(109)36-68(106)81(122)97-59(34-49-38-90-55-20-15-13-18-53(49)55)77(118)100-63(43-107)78(119)99-61(35-50-39-91-56-21-16-14-19-54(50)56)83(124)104(8)67(23-12-10-2)86(127)103(65)7/h13-16,18-21,25-28,38-39,46-47,52,57-68,90-91,107-109H,9-12,17,22-24,29-37,40-45H2,1-8H3,(H2,87,110)(H2,88,111)(H2,89,112)(H,92,116)(H,93,120)(H,94,113)(H,95,114)(H,96,121)(H,97,122)(H,98,115)(H,99,119)(H,100,118)(H,101,117)/t47-,52+,57-,58-,59-,60-,61-,62-,63-,64-,65-,66-,67-,68-/m0/s1. The number of fused-ring (bicyclic) bond motifs is 4. The number of hydrogen-bond donors (Lipinski definition) is 18. The van der Waals surface area contributed by atoms with Crippen LogP contribution in [0.1, 0.15) is 135 Å². The molecule has 3 saturated heterocycles. The summed E-state index contributed by atoms with van der Waals surface area (Å²) >= 11 is 0.788. The number of aliphatic hydroxyl groups is 2. The summed E-state index contributed by atoms with van der Waals surface area (Å²) in [6, 6.07) is -0.718. The van der Waals surface area contributed by atoms with Crippen LogP contribution in [-0.2, 0) is 106 Å². The highest BCUT2D eigenvalue weighted by molar-refractivity contribution is 8.00. The number of H-pyrrole nitrogens is 2. The number of rotatable bonds is 23. The van der Waals surface area contributed by atoms with E-state index in [0.29, 0.717) is 64.2 Å². The van der Waals surface area contributed by atoms with Gasteiger partial charge in [-0.05, 0) is 92.3 Å². The van der Waals surface area contributed by atoms with Crippen molar-refractivity contribution in [1.29, 1.82) is 0 Å². The first-order valence-corrected chi connectivity index (χ1v) is 44.0. The van der Waals surface area contributed by atoms with Gasteiger partial charge in [-0.25, -0.2) is 0 Å². The third-order valence-electron chi connectivity index (χ3n) is 22.8. The molecule has 0 unspecified atom stereocenters. The van der Waals surface area contributed by atoms with E-state index in [1.807, 2.05) is 13.8 Å². The molecule has 5 heterocycles. The molecular weight excluding hydrogens is 1680 g/mol. The summed E-state index contributed by atoms with van der Waals surface area (Å²) in [5.41, 5.74) is 19.2. The van der Waals surface area contributed by atoms with Crippen LogP contribution < -0.4 is 70.4 Å². The summed E-state index contributed by atoms with van der Waals surface area (Å²) in [6.07, 6.45) is 0.493. The SMILES string of the molecule is CCCC[C@H]1C(=O)N(C)[C@@H](CCCC)C(=O)N[C@@H](CC(C)C)C(=O)N[C@H](C(=O)NCC(N)=O)CSCC(=O)N[C@@H](Cc2ccc(O)cc2)C(=O)N(C)[C@@H](C)C(=O)N[C@@H](CC(N)=O)C(=O)N2CCC[C@H]2C(=O)NCC(=O)N[C@@H](CCC(N)=O)C(=O)N2C[C@H](O)C[C@H]2C(=O)N[C@@H](Cc2c[nH]c3ccccc23)C(=O)N[C@@H](CO)C(=O)N[C@@H](Cc2c[nH]c3ccccc23)C(=O)N1C. The van der Waals surface area contributed by atoms with Gasteiger partial charge in [0.25, 0.3) is 0 Å². The molecule has 696 valence electrons. The Hall–Kier alpha value is -12.7. The van der Waals surface area contributed by atoms with Gasteiger partial charge in [-0.3, -0.25) is 86.3 Å². The molecule has 3 aliphatic heterocycles. The molecule has 0 aliphatic carbocycles. The lowest BCUT2D eigenvalue weighted by atomic mass is 9.99. The van der Waals surface area contributed by atoms with Crippen LogP contribution in [0, 0.1) is 5.92 Å². The summed E-state index contributed by atoms with van der Waals surface area (Å²) in [5, 5.41) is 59.5. The highest BCUT2D eigenvalue weighted by Crippen LogP contribution is 2.28. The number of carbonyl (C=O) groups excluding carboxylic acids is 18. The van der Waals surface area contributed by atoms with E-state index in [2.05, 4.69) is 63.1 Å². The maximum atomic E-state index is 15.7. The monoisotopic (exact) mass is 1800 g/mol. The number of aromatic amines is 2. The number of para-hydroxylation sites is 2. The number of hydrogen-bond acceptors (Lipinski definition) is 22. The molecule has 3 fully saturated rings. The fourth-order valence-electron chi connectivity index (χ4n) is 15.7. The Morgan fingerprint density at radius 2 is 1.08 bits per heavy atom. The number of aromatic nitrogens is 2. The average molecular weight is 1800 g/mol. The predicted molar refractivity (Wildman–Crippen MR) is 468 cm³/mol. The second kappa shape index (κ2) is 47.7. The van der Waals surface area contributed by atoms with Crippen LogP contribution in [0.25, 0.3) is 21.8 Å². The minimum absolute atomic E-state index is 0.00851. The number of phenolic OH excluding ortho intramolecular Hbond substituents is 1. The van der Waals surface area contributed by atoms with Gasteiger partial charge in [0.05, 0.1) is 38.0 Å². The molecule has 0 spiro atoms. The third-order valence-corrected chi connectivity index (χ3v) is 23.9. The molecule has 5 aromatic rings. The van der Waals surface area contributed by atoms with E-state index in [-0.39, 0.29) is 69.6 Å². The first kappa shape index (κ1) is 101. The lowest BCUT2D eigenvalue weighted by Crippen LogP contribution is -2.61. The zero-order valence-electron chi connectivity index (χ0n) is 73.1. The van der Waals surface area contributed by atoms with Crippen molar-refractivity contribution in [3.8, 4) is 5.75 Å². The lowest BCUT2D eigenvalue weighted by Gasteiger charge is -2.36. The number of likely N-dealkylation sites (N-methyl/N-ethyl adjacent to an activating group) is 3. The van der Waals surface area contributed by atoms with Gasteiger partial charge >= 0.3 is 0 Å². The summed E-state index contributed by atoms with van der Waals surface area (Å²) < 4.78 is 0.